The zero-order chi connectivity index (χ0) is 26.9. The molecule has 0 fully saturated rings. The molecule has 2 atom stereocenters. The molecule has 0 bridgehead atoms. The predicted molar refractivity (Wildman–Crippen MR) is 144 cm³/mol. The summed E-state index contributed by atoms with van der Waals surface area (Å²) in [5.74, 6) is 0.213. The van der Waals surface area contributed by atoms with Crippen LogP contribution in [-0.2, 0) is 26.2 Å². The van der Waals surface area contributed by atoms with Gasteiger partial charge in [-0.2, -0.15) is 0 Å². The van der Waals surface area contributed by atoms with Crippen molar-refractivity contribution in [1.29, 1.82) is 0 Å². The summed E-state index contributed by atoms with van der Waals surface area (Å²) in [4.78, 5) is 27.7. The first-order valence-corrected chi connectivity index (χ1v) is 14.1. The first-order chi connectivity index (χ1) is 17.0. The molecule has 0 aliphatic carbocycles. The fourth-order valence-electron chi connectivity index (χ4n) is 3.69. The van der Waals surface area contributed by atoms with E-state index in [0.29, 0.717) is 24.4 Å². The van der Waals surface area contributed by atoms with Gasteiger partial charge in [-0.3, -0.25) is 13.9 Å². The minimum atomic E-state index is -3.55. The van der Waals surface area contributed by atoms with E-state index in [2.05, 4.69) is 5.32 Å². The van der Waals surface area contributed by atoms with E-state index in [1.165, 1.54) is 4.31 Å². The maximum Gasteiger partial charge on any atom is 0.242 e. The fourth-order valence-corrected chi connectivity index (χ4v) is 4.66. The van der Waals surface area contributed by atoms with Crippen LogP contribution in [-0.4, -0.2) is 57.1 Å². The Morgan fingerprint density at radius 1 is 1.03 bits per heavy atom. The number of sulfonamides is 1. The van der Waals surface area contributed by atoms with Crippen LogP contribution in [0.5, 0.6) is 5.75 Å². The van der Waals surface area contributed by atoms with Crippen LogP contribution < -0.4 is 14.4 Å². The van der Waals surface area contributed by atoms with Gasteiger partial charge in [0.15, 0.2) is 0 Å². The van der Waals surface area contributed by atoms with Gasteiger partial charge < -0.3 is 15.0 Å². The lowest BCUT2D eigenvalue weighted by atomic mass is 10.1. The van der Waals surface area contributed by atoms with Crippen molar-refractivity contribution in [2.45, 2.75) is 65.6 Å². The highest BCUT2D eigenvalue weighted by Crippen LogP contribution is 2.22. The average molecular weight is 518 g/mol. The largest absolute Gasteiger partial charge is 0.497 e. The number of methoxy groups -OCH3 is 1. The molecule has 2 rings (SSSR count). The number of nitrogens with zero attached hydrogens (tertiary/aromatic N) is 2. The van der Waals surface area contributed by atoms with Gasteiger partial charge in [-0.05, 0) is 63.4 Å². The standard InChI is InChI=1S/C27H39N3O5S/c1-7-21(3)28-27(32)22(4)29(19-23-12-10-20(2)11-13-23)26(31)9-8-18-30(36(6,33)34)24-14-16-25(35-5)17-15-24/h10-17,21-22H,7-9,18-19H2,1-6H3,(H,28,32). The van der Waals surface area contributed by atoms with Gasteiger partial charge in [-0.1, -0.05) is 36.8 Å². The van der Waals surface area contributed by atoms with E-state index in [9.17, 15) is 18.0 Å². The lowest BCUT2D eigenvalue weighted by molar-refractivity contribution is -0.140. The maximum atomic E-state index is 13.3. The molecule has 0 aromatic heterocycles. The summed E-state index contributed by atoms with van der Waals surface area (Å²) in [5.41, 5.74) is 2.54. The lowest BCUT2D eigenvalue weighted by Crippen LogP contribution is -2.49. The molecular formula is C27H39N3O5S. The summed E-state index contributed by atoms with van der Waals surface area (Å²) in [6, 6.07) is 13.9. The van der Waals surface area contributed by atoms with Crippen molar-refractivity contribution >= 4 is 27.5 Å². The van der Waals surface area contributed by atoms with Crippen molar-refractivity contribution in [2.24, 2.45) is 0 Å². The molecule has 0 radical (unpaired) electrons. The van der Waals surface area contributed by atoms with Crippen LogP contribution in [0.2, 0.25) is 0 Å². The second kappa shape index (κ2) is 13.3. The highest BCUT2D eigenvalue weighted by molar-refractivity contribution is 7.92. The summed E-state index contributed by atoms with van der Waals surface area (Å²) < 4.78 is 31.3. The number of amides is 2. The Balaban J connectivity index is 2.16. The Morgan fingerprint density at radius 3 is 2.17 bits per heavy atom. The van der Waals surface area contributed by atoms with Crippen LogP contribution in [0.15, 0.2) is 48.5 Å². The highest BCUT2D eigenvalue weighted by Gasteiger charge is 2.27. The average Bonchev–Trinajstić information content (AvgIpc) is 2.85. The Hall–Kier alpha value is -3.07. The highest BCUT2D eigenvalue weighted by atomic mass is 32.2. The second-order valence-corrected chi connectivity index (χ2v) is 11.0. The van der Waals surface area contributed by atoms with Gasteiger partial charge in [0, 0.05) is 25.6 Å². The number of ether oxygens (including phenoxy) is 1. The molecule has 2 aromatic rings. The van der Waals surface area contributed by atoms with Crippen molar-refractivity contribution in [3.05, 3.63) is 59.7 Å². The van der Waals surface area contributed by atoms with E-state index in [1.54, 1.807) is 43.2 Å². The minimum Gasteiger partial charge on any atom is -0.497 e. The number of carbonyl (C=O) groups excluding carboxylic acids is 2. The summed E-state index contributed by atoms with van der Waals surface area (Å²) in [6.07, 6.45) is 2.35. The van der Waals surface area contributed by atoms with Crippen molar-refractivity contribution < 1.29 is 22.7 Å². The third-order valence-corrected chi connectivity index (χ3v) is 7.35. The fraction of sp³-hybridized carbons (Fsp3) is 0.481. The molecule has 9 heteroatoms. The third-order valence-electron chi connectivity index (χ3n) is 6.15. The van der Waals surface area contributed by atoms with E-state index < -0.39 is 16.1 Å². The molecule has 198 valence electrons. The maximum absolute atomic E-state index is 13.3. The molecule has 2 aromatic carbocycles. The first-order valence-electron chi connectivity index (χ1n) is 12.2. The van der Waals surface area contributed by atoms with E-state index in [-0.39, 0.29) is 30.8 Å². The van der Waals surface area contributed by atoms with Gasteiger partial charge in [0.25, 0.3) is 0 Å². The normalized spacial score (nSPS) is 12.9. The monoisotopic (exact) mass is 517 g/mol. The zero-order valence-electron chi connectivity index (χ0n) is 22.2. The number of aryl methyl sites for hydroxylation is 1. The first kappa shape index (κ1) is 29.2. The summed E-state index contributed by atoms with van der Waals surface area (Å²) in [7, 11) is -2.01. The molecule has 0 heterocycles. The Morgan fingerprint density at radius 2 is 1.64 bits per heavy atom. The number of carbonyl (C=O) groups is 2. The SMILES string of the molecule is CCC(C)NC(=O)C(C)N(Cc1ccc(C)cc1)C(=O)CCCN(c1ccc(OC)cc1)S(C)(=O)=O. The smallest absolute Gasteiger partial charge is 0.242 e. The topological polar surface area (TPSA) is 96.0 Å². The van der Waals surface area contributed by atoms with Gasteiger partial charge >= 0.3 is 0 Å². The summed E-state index contributed by atoms with van der Waals surface area (Å²) in [5, 5.41) is 2.95. The van der Waals surface area contributed by atoms with Crippen molar-refractivity contribution in [3.63, 3.8) is 0 Å². The van der Waals surface area contributed by atoms with Crippen molar-refractivity contribution in [3.8, 4) is 5.75 Å². The molecule has 0 aliphatic rings. The van der Waals surface area contributed by atoms with E-state index in [4.69, 9.17) is 4.74 Å². The van der Waals surface area contributed by atoms with Gasteiger partial charge in [0.1, 0.15) is 11.8 Å². The molecule has 0 saturated carbocycles. The van der Waals surface area contributed by atoms with Crippen molar-refractivity contribution in [1.82, 2.24) is 10.2 Å². The molecule has 2 unspecified atom stereocenters. The molecule has 0 spiro atoms. The quantitative estimate of drug-likeness (QED) is 0.435. The molecule has 8 nitrogen and oxygen atoms in total. The van der Waals surface area contributed by atoms with Crippen LogP contribution in [0.25, 0.3) is 0 Å². The molecule has 0 aliphatic heterocycles. The number of nitrogens with one attached hydrogen (secondary N) is 1. The van der Waals surface area contributed by atoms with Crippen molar-refractivity contribution in [2.75, 3.05) is 24.2 Å². The summed E-state index contributed by atoms with van der Waals surface area (Å²) >= 11 is 0. The van der Waals surface area contributed by atoms with E-state index >= 15 is 0 Å². The Bertz CT molecular complexity index is 1100. The lowest BCUT2D eigenvalue weighted by Gasteiger charge is -2.30. The summed E-state index contributed by atoms with van der Waals surface area (Å²) in [6.45, 7) is 8.07. The van der Waals surface area contributed by atoms with Crippen LogP contribution >= 0.6 is 0 Å². The number of hydrogen-bond acceptors (Lipinski definition) is 5. The Kier molecular flexibility index (Phi) is 10.8. The van der Waals surface area contributed by atoms with E-state index in [1.807, 2.05) is 45.0 Å². The van der Waals surface area contributed by atoms with E-state index in [0.717, 1.165) is 23.8 Å². The number of rotatable bonds is 13. The molecule has 0 saturated heterocycles. The van der Waals surface area contributed by atoms with Gasteiger partial charge in [0.05, 0.1) is 19.1 Å². The van der Waals surface area contributed by atoms with Gasteiger partial charge in [0.2, 0.25) is 21.8 Å². The van der Waals surface area contributed by atoms with Gasteiger partial charge in [-0.15, -0.1) is 0 Å². The van der Waals surface area contributed by atoms with Crippen LogP contribution in [0.4, 0.5) is 5.69 Å². The third kappa shape index (κ3) is 8.55. The van der Waals surface area contributed by atoms with Gasteiger partial charge in [-0.25, -0.2) is 8.42 Å². The molecular weight excluding hydrogens is 478 g/mol. The molecule has 36 heavy (non-hydrogen) atoms. The molecule has 2 amide bonds. The van der Waals surface area contributed by atoms with Crippen LogP contribution in [0.3, 0.4) is 0 Å². The second-order valence-electron chi connectivity index (χ2n) is 9.14. The Labute approximate surface area is 215 Å². The van der Waals surface area contributed by atoms with Crippen LogP contribution in [0.1, 0.15) is 51.2 Å². The molecule has 1 N–H and O–H groups in total. The number of anilines is 1. The predicted octanol–water partition coefficient (Wildman–Crippen LogP) is 3.88. The minimum absolute atomic E-state index is 0.00379. The zero-order valence-corrected chi connectivity index (χ0v) is 23.0. The number of hydrogen-bond donors (Lipinski definition) is 1. The van der Waals surface area contributed by atoms with Crippen LogP contribution in [0, 0.1) is 6.92 Å². The number of benzene rings is 2.